The summed E-state index contributed by atoms with van der Waals surface area (Å²) in [4.78, 5) is 37.3. The predicted octanol–water partition coefficient (Wildman–Crippen LogP) is 1.60. The summed E-state index contributed by atoms with van der Waals surface area (Å²) in [7, 11) is -3.92. The Morgan fingerprint density at radius 2 is 1.72 bits per heavy atom. The summed E-state index contributed by atoms with van der Waals surface area (Å²) in [6.07, 6.45) is 2.49. The van der Waals surface area contributed by atoms with Crippen molar-refractivity contribution in [2.75, 3.05) is 18.4 Å². The number of hydrogen-bond donors (Lipinski definition) is 2. The van der Waals surface area contributed by atoms with Gasteiger partial charge in [-0.3, -0.25) is 14.4 Å². The van der Waals surface area contributed by atoms with Crippen molar-refractivity contribution in [3.8, 4) is 0 Å². The smallest absolute Gasteiger partial charge is 0.289 e. The van der Waals surface area contributed by atoms with Crippen LogP contribution in [0.2, 0.25) is 0 Å². The number of carbonyl (C=O) groups is 3. The maximum Gasteiger partial charge on any atom is 0.289 e. The van der Waals surface area contributed by atoms with E-state index < -0.39 is 15.9 Å². The highest BCUT2D eigenvalue weighted by atomic mass is 32.2. The van der Waals surface area contributed by atoms with Gasteiger partial charge in [0.05, 0.1) is 11.2 Å². The summed E-state index contributed by atoms with van der Waals surface area (Å²) < 4.78 is 30.9. The van der Waals surface area contributed by atoms with Crippen LogP contribution in [0, 0.1) is 5.92 Å². The van der Waals surface area contributed by atoms with E-state index in [2.05, 4.69) is 5.32 Å². The van der Waals surface area contributed by atoms with Gasteiger partial charge in [-0.05, 0) is 49.2 Å². The number of carbonyl (C=O) groups excluding carboxylic acids is 3. The summed E-state index contributed by atoms with van der Waals surface area (Å²) in [5, 5.41) is 2.76. The summed E-state index contributed by atoms with van der Waals surface area (Å²) >= 11 is 0. The number of furan rings is 1. The average Bonchev–Trinajstić information content (AvgIpc) is 3.22. The van der Waals surface area contributed by atoms with E-state index in [0.717, 1.165) is 6.92 Å². The number of nitrogens with zero attached hydrogens (tertiary/aromatic N) is 1. The molecule has 1 fully saturated rings. The van der Waals surface area contributed by atoms with Crippen molar-refractivity contribution in [2.24, 2.45) is 5.92 Å². The molecule has 0 bridgehead atoms. The molecule has 0 unspecified atom stereocenters. The van der Waals surface area contributed by atoms with Gasteiger partial charge < -0.3 is 14.6 Å². The molecule has 1 aliphatic heterocycles. The fourth-order valence-electron chi connectivity index (χ4n) is 3.11. The van der Waals surface area contributed by atoms with Gasteiger partial charge in [0.1, 0.15) is 0 Å². The molecule has 1 saturated heterocycles. The molecule has 2 aromatic rings. The van der Waals surface area contributed by atoms with E-state index in [9.17, 15) is 22.8 Å². The lowest BCUT2D eigenvalue weighted by Crippen LogP contribution is -2.41. The second kappa shape index (κ2) is 8.48. The number of piperidine rings is 1. The molecule has 0 aliphatic carbocycles. The Morgan fingerprint density at radius 3 is 2.28 bits per heavy atom. The molecule has 2 N–H and O–H groups in total. The van der Waals surface area contributed by atoms with E-state index in [-0.39, 0.29) is 28.4 Å². The lowest BCUT2D eigenvalue weighted by atomic mass is 9.95. The van der Waals surface area contributed by atoms with Crippen molar-refractivity contribution in [1.82, 2.24) is 9.62 Å². The average molecular weight is 419 g/mol. The van der Waals surface area contributed by atoms with Crippen molar-refractivity contribution < 1.29 is 27.2 Å². The molecule has 0 atom stereocenters. The molecule has 0 saturated carbocycles. The summed E-state index contributed by atoms with van der Waals surface area (Å²) in [5.41, 5.74) is 0.450. The molecule has 154 valence electrons. The highest BCUT2D eigenvalue weighted by molar-refractivity contribution is 7.90. The van der Waals surface area contributed by atoms with Crippen molar-refractivity contribution in [3.63, 3.8) is 0 Å². The van der Waals surface area contributed by atoms with Crippen LogP contribution < -0.4 is 10.0 Å². The molecule has 1 aromatic carbocycles. The monoisotopic (exact) mass is 419 g/mol. The zero-order valence-electron chi connectivity index (χ0n) is 15.8. The minimum absolute atomic E-state index is 0.0737. The first kappa shape index (κ1) is 20.6. The molecule has 0 spiro atoms. The SMILES string of the molecule is CC(=O)NS(=O)(=O)c1ccc(NC(=O)C2CCN(C(=O)c3ccco3)CC2)cc1. The molecular formula is C19H21N3O6S. The number of hydrogen-bond acceptors (Lipinski definition) is 6. The Hall–Kier alpha value is -3.14. The molecule has 2 heterocycles. The third kappa shape index (κ3) is 5.02. The molecule has 9 nitrogen and oxygen atoms in total. The quantitative estimate of drug-likeness (QED) is 0.758. The largest absolute Gasteiger partial charge is 0.459 e. The molecule has 1 aromatic heterocycles. The number of anilines is 1. The number of likely N-dealkylation sites (tertiary alicyclic amines) is 1. The van der Waals surface area contributed by atoms with Gasteiger partial charge in [0, 0.05) is 31.6 Å². The lowest BCUT2D eigenvalue weighted by molar-refractivity contribution is -0.121. The minimum atomic E-state index is -3.92. The van der Waals surface area contributed by atoms with Gasteiger partial charge in [-0.1, -0.05) is 0 Å². The number of nitrogens with one attached hydrogen (secondary N) is 2. The Bertz CT molecular complexity index is 991. The second-order valence-electron chi connectivity index (χ2n) is 6.72. The van der Waals surface area contributed by atoms with Crippen molar-refractivity contribution >= 4 is 33.4 Å². The second-order valence-corrected chi connectivity index (χ2v) is 8.40. The molecular weight excluding hydrogens is 398 g/mol. The Balaban J connectivity index is 1.55. The van der Waals surface area contributed by atoms with E-state index in [4.69, 9.17) is 4.42 Å². The molecule has 3 amide bonds. The van der Waals surface area contributed by atoms with Crippen LogP contribution in [0.4, 0.5) is 5.69 Å². The van der Waals surface area contributed by atoms with Gasteiger partial charge in [0.2, 0.25) is 11.8 Å². The van der Waals surface area contributed by atoms with Crippen LogP contribution in [0.3, 0.4) is 0 Å². The van der Waals surface area contributed by atoms with Crippen LogP contribution in [0.25, 0.3) is 0 Å². The van der Waals surface area contributed by atoms with Gasteiger partial charge in [0.15, 0.2) is 5.76 Å². The Morgan fingerprint density at radius 1 is 1.07 bits per heavy atom. The molecule has 0 radical (unpaired) electrons. The van der Waals surface area contributed by atoms with Crippen LogP contribution >= 0.6 is 0 Å². The number of sulfonamides is 1. The van der Waals surface area contributed by atoms with E-state index in [0.29, 0.717) is 31.6 Å². The van der Waals surface area contributed by atoms with Gasteiger partial charge in [-0.25, -0.2) is 13.1 Å². The fraction of sp³-hybridized carbons (Fsp3) is 0.316. The molecule has 10 heteroatoms. The third-order valence-corrected chi connectivity index (χ3v) is 6.04. The predicted molar refractivity (Wildman–Crippen MR) is 103 cm³/mol. The van der Waals surface area contributed by atoms with Gasteiger partial charge in [-0.15, -0.1) is 0 Å². The van der Waals surface area contributed by atoms with E-state index in [1.54, 1.807) is 17.0 Å². The Kier molecular flexibility index (Phi) is 6.02. The van der Waals surface area contributed by atoms with Gasteiger partial charge in [-0.2, -0.15) is 0 Å². The van der Waals surface area contributed by atoms with E-state index in [1.807, 2.05) is 4.72 Å². The zero-order valence-corrected chi connectivity index (χ0v) is 16.6. The van der Waals surface area contributed by atoms with E-state index in [1.165, 1.54) is 30.5 Å². The van der Waals surface area contributed by atoms with Crippen LogP contribution in [-0.2, 0) is 19.6 Å². The zero-order chi connectivity index (χ0) is 21.0. The number of benzene rings is 1. The lowest BCUT2D eigenvalue weighted by Gasteiger charge is -2.30. The molecule has 3 rings (SSSR count). The molecule has 1 aliphatic rings. The van der Waals surface area contributed by atoms with Crippen LogP contribution in [-0.4, -0.2) is 44.1 Å². The third-order valence-electron chi connectivity index (χ3n) is 4.60. The highest BCUT2D eigenvalue weighted by Crippen LogP contribution is 2.22. The Labute approximate surface area is 168 Å². The maximum atomic E-state index is 12.5. The topological polar surface area (TPSA) is 126 Å². The van der Waals surface area contributed by atoms with Crippen molar-refractivity contribution in [2.45, 2.75) is 24.7 Å². The standard InChI is InChI=1S/C19H21N3O6S/c1-13(23)21-29(26,27)16-6-4-15(5-7-16)20-18(24)14-8-10-22(11-9-14)19(25)17-3-2-12-28-17/h2-7,12,14H,8-11H2,1H3,(H,20,24)(H,21,23). The number of rotatable bonds is 5. The normalized spacial score (nSPS) is 15.0. The van der Waals surface area contributed by atoms with Crippen LogP contribution in [0.15, 0.2) is 52.0 Å². The van der Waals surface area contributed by atoms with Crippen molar-refractivity contribution in [3.05, 3.63) is 48.4 Å². The summed E-state index contributed by atoms with van der Waals surface area (Å²) in [5.74, 6) is -1.03. The number of amides is 3. The van der Waals surface area contributed by atoms with Gasteiger partial charge in [0.25, 0.3) is 15.9 Å². The first-order valence-electron chi connectivity index (χ1n) is 9.03. The van der Waals surface area contributed by atoms with E-state index >= 15 is 0 Å². The highest BCUT2D eigenvalue weighted by Gasteiger charge is 2.28. The maximum absolute atomic E-state index is 12.5. The van der Waals surface area contributed by atoms with Gasteiger partial charge >= 0.3 is 0 Å². The van der Waals surface area contributed by atoms with Crippen LogP contribution in [0.5, 0.6) is 0 Å². The molecule has 29 heavy (non-hydrogen) atoms. The minimum Gasteiger partial charge on any atom is -0.459 e. The first-order valence-corrected chi connectivity index (χ1v) is 10.5. The summed E-state index contributed by atoms with van der Waals surface area (Å²) in [6, 6.07) is 8.80. The van der Waals surface area contributed by atoms with Crippen LogP contribution in [0.1, 0.15) is 30.3 Å². The first-order chi connectivity index (χ1) is 13.8. The fourth-order valence-corrected chi connectivity index (χ4v) is 4.10. The summed E-state index contributed by atoms with van der Waals surface area (Å²) in [6.45, 7) is 2.01. The van der Waals surface area contributed by atoms with Crippen molar-refractivity contribution in [1.29, 1.82) is 0 Å².